The third-order valence-electron chi connectivity index (χ3n) is 5.01. The molecule has 29 heavy (non-hydrogen) atoms. The molecule has 2 heterocycles. The van der Waals surface area contributed by atoms with Crippen molar-refractivity contribution in [3.8, 4) is 0 Å². The summed E-state index contributed by atoms with van der Waals surface area (Å²) in [4.78, 5) is 17.0. The highest BCUT2D eigenvalue weighted by Gasteiger charge is 2.21. The number of rotatable bonds is 4. The molecule has 0 unspecified atom stereocenters. The van der Waals surface area contributed by atoms with Gasteiger partial charge in [-0.3, -0.25) is 4.79 Å². The van der Waals surface area contributed by atoms with Gasteiger partial charge < -0.3 is 9.80 Å². The van der Waals surface area contributed by atoms with Gasteiger partial charge in [-0.15, -0.1) is 0 Å². The summed E-state index contributed by atoms with van der Waals surface area (Å²) in [6.45, 7) is 3.25. The van der Waals surface area contributed by atoms with E-state index in [1.54, 1.807) is 18.3 Å². The zero-order chi connectivity index (χ0) is 20.4. The zero-order valence-corrected chi connectivity index (χ0v) is 17.1. The van der Waals surface area contributed by atoms with Gasteiger partial charge in [-0.1, -0.05) is 41.4 Å². The Labute approximate surface area is 177 Å². The lowest BCUT2D eigenvalue weighted by Gasteiger charge is -2.37. The number of anilines is 2. The Morgan fingerprint density at radius 1 is 0.966 bits per heavy atom. The molecule has 0 bridgehead atoms. The number of hydrogen-bond acceptors (Lipinski definition) is 4. The summed E-state index contributed by atoms with van der Waals surface area (Å²) in [5, 5.41) is 5.14. The number of piperazine rings is 1. The van der Waals surface area contributed by atoms with Crippen molar-refractivity contribution >= 4 is 34.6 Å². The van der Waals surface area contributed by atoms with E-state index in [1.807, 2.05) is 24.3 Å². The maximum Gasteiger partial charge on any atom is 0.287 e. The first-order valence-electron chi connectivity index (χ1n) is 9.27. The Hall–Kier alpha value is -2.57. The normalized spacial score (nSPS) is 14.3. The molecule has 2 aromatic carbocycles. The fourth-order valence-corrected chi connectivity index (χ4v) is 3.88. The Morgan fingerprint density at radius 2 is 1.66 bits per heavy atom. The first-order chi connectivity index (χ1) is 14.0. The van der Waals surface area contributed by atoms with E-state index in [-0.39, 0.29) is 22.9 Å². The SMILES string of the molecule is O=c1c(Cl)c(N2CCN(c3cccc(Cl)c3)CC2)cnn1Cc1ccc(F)cc1. The Bertz CT molecular complexity index is 1060. The van der Waals surface area contributed by atoms with E-state index >= 15 is 0 Å². The van der Waals surface area contributed by atoms with Crippen LogP contribution in [-0.4, -0.2) is 36.0 Å². The smallest absolute Gasteiger partial charge is 0.287 e. The van der Waals surface area contributed by atoms with E-state index in [1.165, 1.54) is 16.8 Å². The maximum atomic E-state index is 13.1. The van der Waals surface area contributed by atoms with Gasteiger partial charge in [0, 0.05) is 36.9 Å². The van der Waals surface area contributed by atoms with Gasteiger partial charge in [0.05, 0.1) is 18.4 Å². The average Bonchev–Trinajstić information content (AvgIpc) is 2.73. The molecular formula is C21H19Cl2FN4O. The molecule has 0 spiro atoms. The molecule has 1 fully saturated rings. The Kier molecular flexibility index (Phi) is 5.74. The molecule has 5 nitrogen and oxygen atoms in total. The lowest BCUT2D eigenvalue weighted by Crippen LogP contribution is -2.47. The average molecular weight is 433 g/mol. The number of halogens is 3. The third kappa shape index (κ3) is 4.38. The molecule has 0 N–H and O–H groups in total. The first kappa shape index (κ1) is 19.7. The van der Waals surface area contributed by atoms with Gasteiger partial charge in [-0.05, 0) is 35.9 Å². The van der Waals surface area contributed by atoms with Crippen LogP contribution in [0.25, 0.3) is 0 Å². The van der Waals surface area contributed by atoms with Crippen LogP contribution in [0.15, 0.2) is 59.5 Å². The van der Waals surface area contributed by atoms with Crippen molar-refractivity contribution in [3.63, 3.8) is 0 Å². The molecule has 150 valence electrons. The summed E-state index contributed by atoms with van der Waals surface area (Å²) in [6, 6.07) is 13.7. The van der Waals surface area contributed by atoms with Crippen molar-refractivity contribution in [1.82, 2.24) is 9.78 Å². The van der Waals surface area contributed by atoms with Crippen LogP contribution < -0.4 is 15.4 Å². The van der Waals surface area contributed by atoms with Crippen molar-refractivity contribution in [1.29, 1.82) is 0 Å². The molecule has 1 aromatic heterocycles. The van der Waals surface area contributed by atoms with Gasteiger partial charge in [0.2, 0.25) is 0 Å². The summed E-state index contributed by atoms with van der Waals surface area (Å²) in [5.74, 6) is -0.320. The second kappa shape index (κ2) is 8.43. The molecule has 1 aliphatic heterocycles. The van der Waals surface area contributed by atoms with Crippen LogP contribution in [0.1, 0.15) is 5.56 Å². The first-order valence-corrected chi connectivity index (χ1v) is 10.0. The molecule has 0 radical (unpaired) electrons. The van der Waals surface area contributed by atoms with Crippen molar-refractivity contribution in [2.75, 3.05) is 36.0 Å². The summed E-state index contributed by atoms with van der Waals surface area (Å²) in [5.41, 5.74) is 2.14. The van der Waals surface area contributed by atoms with E-state index in [0.29, 0.717) is 10.7 Å². The lowest BCUT2D eigenvalue weighted by atomic mass is 10.2. The molecular weight excluding hydrogens is 414 g/mol. The molecule has 1 saturated heterocycles. The molecule has 1 aliphatic rings. The fourth-order valence-electron chi connectivity index (χ4n) is 3.43. The second-order valence-electron chi connectivity index (χ2n) is 6.89. The standard InChI is InChI=1S/C21H19Cl2FN4O/c22-16-2-1-3-18(12-16)26-8-10-27(11-9-26)19-13-25-28(21(29)20(19)23)14-15-4-6-17(24)7-5-15/h1-7,12-13H,8-11,14H2. The highest BCUT2D eigenvalue weighted by Crippen LogP contribution is 2.25. The van der Waals surface area contributed by atoms with Gasteiger partial charge >= 0.3 is 0 Å². The minimum absolute atomic E-state index is 0.151. The van der Waals surface area contributed by atoms with Gasteiger partial charge in [-0.2, -0.15) is 5.10 Å². The minimum Gasteiger partial charge on any atom is -0.368 e. The van der Waals surface area contributed by atoms with Crippen LogP contribution in [0.5, 0.6) is 0 Å². The van der Waals surface area contributed by atoms with Crippen molar-refractivity contribution in [3.05, 3.63) is 86.5 Å². The largest absolute Gasteiger partial charge is 0.368 e. The predicted molar refractivity (Wildman–Crippen MR) is 115 cm³/mol. The van der Waals surface area contributed by atoms with E-state index in [9.17, 15) is 9.18 Å². The number of nitrogens with zero attached hydrogens (tertiary/aromatic N) is 4. The molecule has 3 aromatic rings. The van der Waals surface area contributed by atoms with Crippen molar-refractivity contribution in [2.24, 2.45) is 0 Å². The Balaban J connectivity index is 1.47. The minimum atomic E-state index is -0.356. The van der Waals surface area contributed by atoms with Crippen LogP contribution in [0.2, 0.25) is 10.0 Å². The highest BCUT2D eigenvalue weighted by molar-refractivity contribution is 6.33. The summed E-state index contributed by atoms with van der Waals surface area (Å²) < 4.78 is 14.4. The monoisotopic (exact) mass is 432 g/mol. The second-order valence-corrected chi connectivity index (χ2v) is 7.70. The van der Waals surface area contributed by atoms with Crippen LogP contribution in [0.4, 0.5) is 15.8 Å². The number of hydrogen-bond donors (Lipinski definition) is 0. The van der Waals surface area contributed by atoms with Gasteiger partial charge in [0.1, 0.15) is 10.8 Å². The summed E-state index contributed by atoms with van der Waals surface area (Å²) in [7, 11) is 0. The molecule has 0 aliphatic carbocycles. The van der Waals surface area contributed by atoms with Crippen molar-refractivity contribution in [2.45, 2.75) is 6.54 Å². The summed E-state index contributed by atoms with van der Waals surface area (Å²) in [6.07, 6.45) is 1.63. The van der Waals surface area contributed by atoms with E-state index < -0.39 is 0 Å². The molecule has 0 saturated carbocycles. The fraction of sp³-hybridized carbons (Fsp3) is 0.238. The van der Waals surface area contributed by atoms with Gasteiger partial charge in [0.15, 0.2) is 0 Å². The lowest BCUT2D eigenvalue weighted by molar-refractivity contribution is 0.614. The van der Waals surface area contributed by atoms with Crippen LogP contribution in [-0.2, 0) is 6.54 Å². The number of aromatic nitrogens is 2. The zero-order valence-electron chi connectivity index (χ0n) is 15.6. The van der Waals surface area contributed by atoms with Crippen LogP contribution in [0, 0.1) is 5.82 Å². The Morgan fingerprint density at radius 3 is 2.34 bits per heavy atom. The van der Waals surface area contributed by atoms with E-state index in [0.717, 1.165) is 37.4 Å². The predicted octanol–water partition coefficient (Wildman–Crippen LogP) is 4.06. The van der Waals surface area contributed by atoms with Gasteiger partial charge in [0.25, 0.3) is 5.56 Å². The number of benzene rings is 2. The van der Waals surface area contributed by atoms with E-state index in [2.05, 4.69) is 14.9 Å². The van der Waals surface area contributed by atoms with Crippen LogP contribution in [0.3, 0.4) is 0 Å². The molecule has 8 heteroatoms. The molecule has 4 rings (SSSR count). The summed E-state index contributed by atoms with van der Waals surface area (Å²) >= 11 is 12.5. The molecule has 0 atom stereocenters. The third-order valence-corrected chi connectivity index (χ3v) is 5.60. The van der Waals surface area contributed by atoms with Crippen molar-refractivity contribution < 1.29 is 4.39 Å². The topological polar surface area (TPSA) is 41.4 Å². The van der Waals surface area contributed by atoms with Gasteiger partial charge in [-0.25, -0.2) is 9.07 Å². The molecule has 0 amide bonds. The highest BCUT2D eigenvalue weighted by atomic mass is 35.5. The van der Waals surface area contributed by atoms with Crippen LogP contribution >= 0.6 is 23.2 Å². The van der Waals surface area contributed by atoms with E-state index in [4.69, 9.17) is 23.2 Å². The maximum absolute atomic E-state index is 13.1. The quantitative estimate of drug-likeness (QED) is 0.623.